The van der Waals surface area contributed by atoms with Crippen molar-refractivity contribution in [1.82, 2.24) is 14.9 Å². The third-order valence-electron chi connectivity index (χ3n) is 5.32. The molecule has 0 spiro atoms. The maximum atomic E-state index is 11.6. The Morgan fingerprint density at radius 1 is 1.21 bits per heavy atom. The SMILES string of the molecule is CCOc1ccc(-c2ccnc(N3CCN(CC4CC4)CC3)n2)cc1C(=O)O. The van der Waals surface area contributed by atoms with E-state index in [1.54, 1.807) is 18.3 Å². The second-order valence-corrected chi connectivity index (χ2v) is 7.42. The number of benzene rings is 1. The predicted molar refractivity (Wildman–Crippen MR) is 107 cm³/mol. The van der Waals surface area contributed by atoms with Gasteiger partial charge in [-0.2, -0.15) is 0 Å². The Morgan fingerprint density at radius 2 is 2.00 bits per heavy atom. The van der Waals surface area contributed by atoms with Gasteiger partial charge in [-0.25, -0.2) is 14.8 Å². The van der Waals surface area contributed by atoms with E-state index in [-0.39, 0.29) is 5.56 Å². The van der Waals surface area contributed by atoms with Gasteiger partial charge < -0.3 is 14.7 Å². The van der Waals surface area contributed by atoms with Gasteiger partial charge in [0.1, 0.15) is 11.3 Å². The first kappa shape index (κ1) is 18.7. The molecule has 1 saturated heterocycles. The Morgan fingerprint density at radius 3 is 2.68 bits per heavy atom. The lowest BCUT2D eigenvalue weighted by Crippen LogP contribution is -2.47. The molecule has 1 aromatic heterocycles. The molecule has 0 amide bonds. The molecule has 1 saturated carbocycles. The standard InChI is InChI=1S/C21H26N4O3/c1-2-28-19-6-5-16(13-17(19)20(26)27)18-7-8-22-21(23-18)25-11-9-24(10-12-25)14-15-3-4-15/h5-8,13,15H,2-4,9-12,14H2,1H3,(H,26,27). The minimum Gasteiger partial charge on any atom is -0.493 e. The Kier molecular flexibility index (Phi) is 5.43. The van der Waals surface area contributed by atoms with Crippen LogP contribution in [0.15, 0.2) is 30.5 Å². The quantitative estimate of drug-likeness (QED) is 0.789. The fourth-order valence-corrected chi connectivity index (χ4v) is 3.60. The molecule has 28 heavy (non-hydrogen) atoms. The lowest BCUT2D eigenvalue weighted by molar-refractivity contribution is 0.0692. The van der Waals surface area contributed by atoms with E-state index < -0.39 is 5.97 Å². The van der Waals surface area contributed by atoms with Crippen molar-refractivity contribution in [2.24, 2.45) is 5.92 Å². The monoisotopic (exact) mass is 382 g/mol. The maximum absolute atomic E-state index is 11.6. The summed E-state index contributed by atoms with van der Waals surface area (Å²) in [6.45, 7) is 7.38. The first-order valence-electron chi connectivity index (χ1n) is 9.95. The number of carboxylic acid groups (broad SMARTS) is 1. The average molecular weight is 382 g/mol. The smallest absolute Gasteiger partial charge is 0.339 e. The van der Waals surface area contributed by atoms with Crippen LogP contribution < -0.4 is 9.64 Å². The number of hydrogen-bond donors (Lipinski definition) is 1. The van der Waals surface area contributed by atoms with Crippen LogP contribution in [0, 0.1) is 5.92 Å². The number of carbonyl (C=O) groups is 1. The summed E-state index contributed by atoms with van der Waals surface area (Å²) >= 11 is 0. The molecule has 1 aliphatic carbocycles. The van der Waals surface area contributed by atoms with Crippen LogP contribution >= 0.6 is 0 Å². The molecule has 1 aromatic carbocycles. The lowest BCUT2D eigenvalue weighted by Gasteiger charge is -2.34. The number of anilines is 1. The number of piperazine rings is 1. The van der Waals surface area contributed by atoms with Crippen molar-refractivity contribution >= 4 is 11.9 Å². The highest BCUT2D eigenvalue weighted by Crippen LogP contribution is 2.30. The van der Waals surface area contributed by atoms with Crippen LogP contribution in [0.5, 0.6) is 5.75 Å². The second-order valence-electron chi connectivity index (χ2n) is 7.42. The highest BCUT2D eigenvalue weighted by atomic mass is 16.5. The van der Waals surface area contributed by atoms with E-state index in [0.717, 1.165) is 43.4 Å². The first-order valence-corrected chi connectivity index (χ1v) is 9.95. The fraction of sp³-hybridized carbons (Fsp3) is 0.476. The summed E-state index contributed by atoms with van der Waals surface area (Å²) in [5, 5.41) is 9.49. The molecule has 2 heterocycles. The zero-order chi connectivity index (χ0) is 19.5. The van der Waals surface area contributed by atoms with E-state index in [0.29, 0.717) is 18.3 Å². The summed E-state index contributed by atoms with van der Waals surface area (Å²) in [4.78, 5) is 25.5. The summed E-state index contributed by atoms with van der Waals surface area (Å²) in [6.07, 6.45) is 4.50. The van der Waals surface area contributed by atoms with Gasteiger partial charge in [0.15, 0.2) is 0 Å². The highest BCUT2D eigenvalue weighted by molar-refractivity contribution is 5.92. The molecule has 4 rings (SSSR count). The van der Waals surface area contributed by atoms with Crippen molar-refractivity contribution in [3.63, 3.8) is 0 Å². The van der Waals surface area contributed by atoms with Gasteiger partial charge in [-0.05, 0) is 49.9 Å². The lowest BCUT2D eigenvalue weighted by atomic mass is 10.1. The van der Waals surface area contributed by atoms with Crippen LogP contribution in [0.4, 0.5) is 5.95 Å². The minimum atomic E-state index is -1.01. The van der Waals surface area contributed by atoms with Crippen molar-refractivity contribution in [3.05, 3.63) is 36.0 Å². The van der Waals surface area contributed by atoms with Gasteiger partial charge in [0.25, 0.3) is 0 Å². The zero-order valence-electron chi connectivity index (χ0n) is 16.2. The number of rotatable bonds is 7. The van der Waals surface area contributed by atoms with Gasteiger partial charge in [0, 0.05) is 44.5 Å². The fourth-order valence-electron chi connectivity index (χ4n) is 3.60. The molecule has 0 bridgehead atoms. The number of aromatic nitrogens is 2. The molecule has 2 fully saturated rings. The van der Waals surface area contributed by atoms with Crippen LogP contribution in [-0.4, -0.2) is 65.3 Å². The Hall–Kier alpha value is -2.67. The summed E-state index contributed by atoms with van der Waals surface area (Å²) < 4.78 is 5.42. The van der Waals surface area contributed by atoms with Gasteiger partial charge >= 0.3 is 5.97 Å². The van der Waals surface area contributed by atoms with E-state index in [4.69, 9.17) is 9.72 Å². The zero-order valence-corrected chi connectivity index (χ0v) is 16.2. The van der Waals surface area contributed by atoms with Crippen molar-refractivity contribution in [2.45, 2.75) is 19.8 Å². The van der Waals surface area contributed by atoms with E-state index in [1.807, 2.05) is 19.1 Å². The number of hydrogen-bond acceptors (Lipinski definition) is 6. The van der Waals surface area contributed by atoms with Crippen molar-refractivity contribution in [1.29, 1.82) is 0 Å². The third-order valence-corrected chi connectivity index (χ3v) is 5.32. The van der Waals surface area contributed by atoms with Gasteiger partial charge in [0.2, 0.25) is 5.95 Å². The molecule has 1 aliphatic heterocycles. The predicted octanol–water partition coefficient (Wildman–Crippen LogP) is 2.77. The average Bonchev–Trinajstić information content (AvgIpc) is 3.53. The molecule has 7 heteroatoms. The Bertz CT molecular complexity index is 845. The summed E-state index contributed by atoms with van der Waals surface area (Å²) in [6, 6.07) is 6.97. The first-order chi connectivity index (χ1) is 13.6. The molecule has 0 unspecified atom stereocenters. The summed E-state index contributed by atoms with van der Waals surface area (Å²) in [5.41, 5.74) is 1.61. The normalized spacial score (nSPS) is 17.5. The molecule has 0 atom stereocenters. The molecule has 148 valence electrons. The summed E-state index contributed by atoms with van der Waals surface area (Å²) in [5.74, 6) is 0.981. The van der Waals surface area contributed by atoms with Crippen molar-refractivity contribution in [3.8, 4) is 17.0 Å². The molecule has 2 aliphatic rings. The Balaban J connectivity index is 1.50. The molecule has 0 radical (unpaired) electrons. The topological polar surface area (TPSA) is 78.8 Å². The van der Waals surface area contributed by atoms with Crippen LogP contribution in [0.25, 0.3) is 11.3 Å². The number of ether oxygens (including phenoxy) is 1. The molecule has 2 aromatic rings. The largest absolute Gasteiger partial charge is 0.493 e. The van der Waals surface area contributed by atoms with Crippen LogP contribution in [0.3, 0.4) is 0 Å². The number of nitrogens with zero attached hydrogens (tertiary/aromatic N) is 4. The summed E-state index contributed by atoms with van der Waals surface area (Å²) in [7, 11) is 0. The van der Waals surface area contributed by atoms with Gasteiger partial charge in [-0.15, -0.1) is 0 Å². The highest BCUT2D eigenvalue weighted by Gasteiger charge is 2.27. The molecule has 7 nitrogen and oxygen atoms in total. The third kappa shape index (κ3) is 4.25. The minimum absolute atomic E-state index is 0.146. The number of aromatic carboxylic acids is 1. The van der Waals surface area contributed by atoms with Crippen molar-refractivity contribution in [2.75, 3.05) is 44.2 Å². The van der Waals surface area contributed by atoms with Crippen molar-refractivity contribution < 1.29 is 14.6 Å². The molecule has 1 N–H and O–H groups in total. The molecular formula is C21H26N4O3. The van der Waals surface area contributed by atoms with Gasteiger partial charge in [-0.1, -0.05) is 0 Å². The van der Waals surface area contributed by atoms with E-state index in [1.165, 1.54) is 19.4 Å². The van der Waals surface area contributed by atoms with E-state index >= 15 is 0 Å². The van der Waals surface area contributed by atoms with E-state index in [9.17, 15) is 9.90 Å². The Labute approximate surface area is 165 Å². The second kappa shape index (κ2) is 8.14. The van der Waals surface area contributed by atoms with Crippen LogP contribution in [0.2, 0.25) is 0 Å². The number of carboxylic acids is 1. The van der Waals surface area contributed by atoms with Crippen LogP contribution in [0.1, 0.15) is 30.1 Å². The molecular weight excluding hydrogens is 356 g/mol. The van der Waals surface area contributed by atoms with Gasteiger partial charge in [-0.3, -0.25) is 4.90 Å². The van der Waals surface area contributed by atoms with Crippen LogP contribution in [-0.2, 0) is 0 Å². The maximum Gasteiger partial charge on any atom is 0.339 e. The van der Waals surface area contributed by atoms with Gasteiger partial charge in [0.05, 0.1) is 12.3 Å². The van der Waals surface area contributed by atoms with E-state index in [2.05, 4.69) is 14.8 Å².